The van der Waals surface area contributed by atoms with Crippen LogP contribution in [0.25, 0.3) is 0 Å². The zero-order chi connectivity index (χ0) is 26.0. The smallest absolute Gasteiger partial charge is 0.137 e. The van der Waals surface area contributed by atoms with E-state index < -0.39 is 5.54 Å². The van der Waals surface area contributed by atoms with Crippen LogP contribution in [0.3, 0.4) is 0 Å². The highest BCUT2D eigenvalue weighted by Crippen LogP contribution is 2.10. The first-order chi connectivity index (χ1) is 15.2. The highest BCUT2D eigenvalue weighted by atomic mass is 16.5. The summed E-state index contributed by atoms with van der Waals surface area (Å²) < 4.78 is 16.9. The maximum atomic E-state index is 11.7. The molecule has 194 valence electrons. The zero-order valence-electron chi connectivity index (χ0n) is 22.9. The lowest BCUT2D eigenvalue weighted by atomic mass is 10.0. The molecule has 0 bridgehead atoms. The Labute approximate surface area is 198 Å². The summed E-state index contributed by atoms with van der Waals surface area (Å²) in [4.78, 5) is 33.7. The molecule has 0 radical (unpaired) electrons. The van der Waals surface area contributed by atoms with Crippen molar-refractivity contribution in [3.05, 3.63) is 0 Å². The molecule has 32 heavy (non-hydrogen) atoms. The number of ketones is 3. The van der Waals surface area contributed by atoms with Crippen LogP contribution in [0, 0.1) is 5.92 Å². The van der Waals surface area contributed by atoms with Crippen LogP contribution in [0.15, 0.2) is 0 Å². The fourth-order valence-corrected chi connectivity index (χ4v) is 2.04. The average molecular weight is 464 g/mol. The highest BCUT2D eigenvalue weighted by molar-refractivity contribution is 5.80. The van der Waals surface area contributed by atoms with Crippen LogP contribution in [0.4, 0.5) is 0 Å². The monoisotopic (exact) mass is 463 g/mol. The molecular formula is C25H53NO6. The van der Waals surface area contributed by atoms with Crippen molar-refractivity contribution < 1.29 is 28.6 Å². The predicted molar refractivity (Wildman–Crippen MR) is 133 cm³/mol. The Kier molecular flexibility index (Phi) is 33.2. The molecule has 0 aliphatic rings. The molecule has 0 saturated heterocycles. The minimum absolute atomic E-state index is 0.00233. The van der Waals surface area contributed by atoms with E-state index in [1.807, 2.05) is 55.4 Å². The Morgan fingerprint density at radius 1 is 0.688 bits per heavy atom. The predicted octanol–water partition coefficient (Wildman–Crippen LogP) is 4.65. The van der Waals surface area contributed by atoms with Crippen molar-refractivity contribution in [2.75, 3.05) is 46.7 Å². The standard InChI is InChI=1S/C19H35NO6.3C2H6/c1-15(2)18(23)8-11-26-14-19(20-5,12-24-9-6-16(3)21)13-25-10-7-17(4)22;3*1-2/h15,20H,6-14H2,1-5H3;3*1-2H3. The first-order valence-corrected chi connectivity index (χ1v) is 12.2. The molecule has 0 amide bonds. The summed E-state index contributed by atoms with van der Waals surface area (Å²) in [6.45, 7) is 20.7. The second-order valence-electron chi connectivity index (χ2n) is 6.96. The van der Waals surface area contributed by atoms with Gasteiger partial charge in [-0.25, -0.2) is 0 Å². The zero-order valence-corrected chi connectivity index (χ0v) is 22.9. The molecule has 1 N–H and O–H groups in total. The van der Waals surface area contributed by atoms with Gasteiger partial charge in [-0.3, -0.25) is 14.4 Å². The van der Waals surface area contributed by atoms with Gasteiger partial charge in [0.2, 0.25) is 0 Å². The van der Waals surface area contributed by atoms with E-state index in [9.17, 15) is 14.4 Å². The molecule has 7 heteroatoms. The van der Waals surface area contributed by atoms with E-state index >= 15 is 0 Å². The van der Waals surface area contributed by atoms with Gasteiger partial charge in [-0.1, -0.05) is 55.4 Å². The Balaban J connectivity index is -0.000000597. The van der Waals surface area contributed by atoms with Crippen molar-refractivity contribution in [3.63, 3.8) is 0 Å². The van der Waals surface area contributed by atoms with Crippen molar-refractivity contribution >= 4 is 17.3 Å². The summed E-state index contributed by atoms with van der Waals surface area (Å²) in [5.74, 6) is 0.301. The van der Waals surface area contributed by atoms with Crippen LogP contribution in [-0.4, -0.2) is 69.6 Å². The first-order valence-electron chi connectivity index (χ1n) is 12.2. The van der Waals surface area contributed by atoms with Gasteiger partial charge in [-0.2, -0.15) is 0 Å². The van der Waals surface area contributed by atoms with Gasteiger partial charge in [0, 0.05) is 25.2 Å². The number of nitrogens with one attached hydrogen (secondary N) is 1. The molecular weight excluding hydrogens is 410 g/mol. The van der Waals surface area contributed by atoms with Crippen LogP contribution < -0.4 is 5.32 Å². The second-order valence-corrected chi connectivity index (χ2v) is 6.96. The Bertz CT molecular complexity index is 416. The van der Waals surface area contributed by atoms with Gasteiger partial charge in [0.1, 0.15) is 17.3 Å². The van der Waals surface area contributed by atoms with E-state index in [4.69, 9.17) is 14.2 Å². The van der Waals surface area contributed by atoms with Gasteiger partial charge in [0.15, 0.2) is 0 Å². The van der Waals surface area contributed by atoms with E-state index in [0.717, 1.165) is 0 Å². The molecule has 0 aromatic rings. The number of rotatable bonds is 17. The van der Waals surface area contributed by atoms with Crippen LogP contribution in [0.2, 0.25) is 0 Å². The number of Topliss-reactive ketones (excluding diaryl/α,β-unsaturated/α-hetero) is 3. The molecule has 7 nitrogen and oxygen atoms in total. The number of hydrogen-bond acceptors (Lipinski definition) is 7. The molecule has 0 heterocycles. The fourth-order valence-electron chi connectivity index (χ4n) is 2.04. The van der Waals surface area contributed by atoms with E-state index in [2.05, 4.69) is 5.32 Å². The summed E-state index contributed by atoms with van der Waals surface area (Å²) >= 11 is 0. The largest absolute Gasteiger partial charge is 0.379 e. The lowest BCUT2D eigenvalue weighted by molar-refractivity contribution is -0.123. The third-order valence-electron chi connectivity index (χ3n) is 4.00. The fraction of sp³-hybridized carbons (Fsp3) is 0.880. The highest BCUT2D eigenvalue weighted by Gasteiger charge is 2.30. The van der Waals surface area contributed by atoms with Crippen LogP contribution in [-0.2, 0) is 28.6 Å². The molecule has 0 atom stereocenters. The molecule has 0 rings (SSSR count). The quantitative estimate of drug-likeness (QED) is 0.314. The average Bonchev–Trinajstić information content (AvgIpc) is 2.80. The maximum Gasteiger partial charge on any atom is 0.137 e. The summed E-state index contributed by atoms with van der Waals surface area (Å²) in [5.41, 5.74) is -0.603. The van der Waals surface area contributed by atoms with Gasteiger partial charge >= 0.3 is 0 Å². The Morgan fingerprint density at radius 3 is 1.25 bits per heavy atom. The van der Waals surface area contributed by atoms with Crippen molar-refractivity contribution in [3.8, 4) is 0 Å². The number of carbonyl (C=O) groups excluding carboxylic acids is 3. The molecule has 0 unspecified atom stereocenters. The van der Waals surface area contributed by atoms with Crippen molar-refractivity contribution in [1.29, 1.82) is 0 Å². The number of carbonyl (C=O) groups is 3. The number of hydrogen-bond donors (Lipinski definition) is 1. The molecule has 0 aromatic carbocycles. The Hall–Kier alpha value is -1.15. The third kappa shape index (κ3) is 25.1. The summed E-state index contributed by atoms with van der Waals surface area (Å²) in [5, 5.41) is 3.17. The van der Waals surface area contributed by atoms with Crippen molar-refractivity contribution in [2.24, 2.45) is 5.92 Å². The summed E-state index contributed by atoms with van der Waals surface area (Å²) in [6.07, 6.45) is 1.08. The lowest BCUT2D eigenvalue weighted by Gasteiger charge is -2.33. The van der Waals surface area contributed by atoms with Gasteiger partial charge in [-0.05, 0) is 20.9 Å². The van der Waals surface area contributed by atoms with Crippen LogP contribution >= 0.6 is 0 Å². The molecule has 0 aromatic heterocycles. The van der Waals surface area contributed by atoms with Crippen molar-refractivity contribution in [1.82, 2.24) is 5.32 Å². The molecule has 0 aliphatic carbocycles. The minimum atomic E-state index is -0.603. The number of ether oxygens (including phenoxy) is 3. The van der Waals surface area contributed by atoms with Gasteiger partial charge in [0.05, 0.1) is 45.2 Å². The van der Waals surface area contributed by atoms with E-state index in [1.54, 1.807) is 7.05 Å². The van der Waals surface area contributed by atoms with Crippen molar-refractivity contribution in [2.45, 2.75) is 94.0 Å². The SMILES string of the molecule is CC.CC.CC.CNC(COCCC(C)=O)(COCCC(C)=O)COCCC(=O)C(C)C. The third-order valence-corrected chi connectivity index (χ3v) is 4.00. The van der Waals surface area contributed by atoms with Gasteiger partial charge in [-0.15, -0.1) is 0 Å². The molecule has 0 spiro atoms. The topological polar surface area (TPSA) is 90.9 Å². The van der Waals surface area contributed by atoms with E-state index in [0.29, 0.717) is 58.9 Å². The first kappa shape index (κ1) is 38.1. The van der Waals surface area contributed by atoms with Crippen LogP contribution in [0.5, 0.6) is 0 Å². The maximum absolute atomic E-state index is 11.7. The van der Waals surface area contributed by atoms with Crippen LogP contribution in [0.1, 0.15) is 88.5 Å². The van der Waals surface area contributed by atoms with Gasteiger partial charge < -0.3 is 19.5 Å². The normalized spacial score (nSPS) is 10.1. The lowest BCUT2D eigenvalue weighted by Crippen LogP contribution is -2.55. The summed E-state index contributed by atoms with van der Waals surface area (Å²) in [6, 6.07) is 0. The number of likely N-dealkylation sites (N-methyl/N-ethyl adjacent to an activating group) is 1. The molecule has 0 fully saturated rings. The molecule has 0 aliphatic heterocycles. The van der Waals surface area contributed by atoms with E-state index in [-0.39, 0.29) is 23.3 Å². The van der Waals surface area contributed by atoms with E-state index in [1.165, 1.54) is 13.8 Å². The second kappa shape index (κ2) is 27.9. The minimum Gasteiger partial charge on any atom is -0.379 e. The molecule has 0 saturated carbocycles. The Morgan fingerprint density at radius 2 is 1.00 bits per heavy atom. The summed E-state index contributed by atoms with van der Waals surface area (Å²) in [7, 11) is 1.78. The van der Waals surface area contributed by atoms with Gasteiger partial charge in [0.25, 0.3) is 0 Å².